The molecule has 72 valence electrons. The van der Waals surface area contributed by atoms with Crippen molar-refractivity contribution in [1.82, 2.24) is 0 Å². The molecule has 1 aromatic carbocycles. The first-order valence-electron chi connectivity index (χ1n) is 4.71. The van der Waals surface area contributed by atoms with Crippen LogP contribution in [0.15, 0.2) is 42.5 Å². The third kappa shape index (κ3) is 1.69. The molecule has 2 heteroatoms. The number of carbonyl (C=O) groups excluding carboxylic acids is 1. The third-order valence-electron chi connectivity index (χ3n) is 2.44. The highest BCUT2D eigenvalue weighted by atomic mass is 16.6. The number of cyclic esters (lactones) is 1. The molecule has 1 aliphatic rings. The lowest BCUT2D eigenvalue weighted by Crippen LogP contribution is -2.36. The van der Waals surface area contributed by atoms with Crippen LogP contribution in [-0.4, -0.2) is 12.1 Å². The van der Waals surface area contributed by atoms with E-state index in [-0.39, 0.29) is 12.1 Å². The lowest BCUT2D eigenvalue weighted by Gasteiger charge is -2.27. The van der Waals surface area contributed by atoms with Crippen LogP contribution in [0.25, 0.3) is 0 Å². The molecule has 2 nitrogen and oxygen atoms in total. The van der Waals surface area contributed by atoms with Crippen LogP contribution in [0.5, 0.6) is 0 Å². The van der Waals surface area contributed by atoms with Gasteiger partial charge in [0.05, 0.1) is 5.57 Å². The van der Waals surface area contributed by atoms with Crippen molar-refractivity contribution in [2.75, 3.05) is 0 Å². The van der Waals surface area contributed by atoms with Crippen LogP contribution >= 0.6 is 0 Å². The molecule has 0 amide bonds. The summed E-state index contributed by atoms with van der Waals surface area (Å²) < 4.78 is 4.93. The number of rotatable bonds is 3. The standard InChI is InChI=1S/C12H12O2/c1-9-11(14-12(9)13)8-7-10-5-3-2-4-6-10/h2-6,11H,1,7-8H2. The molecule has 1 saturated heterocycles. The van der Waals surface area contributed by atoms with Crippen LogP contribution in [0.1, 0.15) is 12.0 Å². The molecular formula is C12H12O2. The van der Waals surface area contributed by atoms with E-state index in [4.69, 9.17) is 4.74 Å². The normalized spacial score (nSPS) is 20.1. The van der Waals surface area contributed by atoms with Crippen LogP contribution in [0.4, 0.5) is 0 Å². The molecular weight excluding hydrogens is 176 g/mol. The summed E-state index contributed by atoms with van der Waals surface area (Å²) in [6, 6.07) is 10.2. The molecule has 1 fully saturated rings. The van der Waals surface area contributed by atoms with E-state index in [9.17, 15) is 4.79 Å². The summed E-state index contributed by atoms with van der Waals surface area (Å²) in [5, 5.41) is 0. The Balaban J connectivity index is 1.84. The SMILES string of the molecule is C=C1C(=O)OC1CCc1ccccc1. The fourth-order valence-electron chi connectivity index (χ4n) is 1.52. The predicted octanol–water partition coefficient (Wildman–Crippen LogP) is 2.10. The first-order chi connectivity index (χ1) is 6.77. The maximum atomic E-state index is 10.7. The molecule has 1 aliphatic heterocycles. The summed E-state index contributed by atoms with van der Waals surface area (Å²) in [6.07, 6.45) is 1.72. The first-order valence-corrected chi connectivity index (χ1v) is 4.71. The van der Waals surface area contributed by atoms with Crippen LogP contribution in [0, 0.1) is 0 Å². The van der Waals surface area contributed by atoms with Gasteiger partial charge in [-0.15, -0.1) is 0 Å². The van der Waals surface area contributed by atoms with Gasteiger partial charge in [-0.05, 0) is 18.4 Å². The summed E-state index contributed by atoms with van der Waals surface area (Å²) in [5.41, 5.74) is 1.88. The quantitative estimate of drug-likeness (QED) is 0.536. The molecule has 0 spiro atoms. The smallest absolute Gasteiger partial charge is 0.337 e. The molecule has 1 aromatic rings. The average molecular weight is 188 g/mol. The molecule has 1 unspecified atom stereocenters. The van der Waals surface area contributed by atoms with Crippen LogP contribution < -0.4 is 0 Å². The van der Waals surface area contributed by atoms with Gasteiger partial charge in [-0.2, -0.15) is 0 Å². The Labute approximate surface area is 83.2 Å². The number of carbonyl (C=O) groups is 1. The molecule has 0 aromatic heterocycles. The minimum atomic E-state index is -0.247. The lowest BCUT2D eigenvalue weighted by molar-refractivity contribution is -0.156. The Bertz CT molecular complexity index is 354. The van der Waals surface area contributed by atoms with E-state index < -0.39 is 0 Å². The predicted molar refractivity (Wildman–Crippen MR) is 53.8 cm³/mol. The highest BCUT2D eigenvalue weighted by molar-refractivity contribution is 5.94. The van der Waals surface area contributed by atoms with Crippen molar-refractivity contribution >= 4 is 5.97 Å². The van der Waals surface area contributed by atoms with Crippen molar-refractivity contribution in [3.8, 4) is 0 Å². The largest absolute Gasteiger partial charge is 0.454 e. The Morgan fingerprint density at radius 2 is 2.00 bits per heavy atom. The summed E-state index contributed by atoms with van der Waals surface area (Å²) in [5.74, 6) is -0.247. The van der Waals surface area contributed by atoms with Crippen LogP contribution in [0.3, 0.4) is 0 Å². The van der Waals surface area contributed by atoms with Gasteiger partial charge in [0.25, 0.3) is 0 Å². The van der Waals surface area contributed by atoms with Crippen LogP contribution in [0.2, 0.25) is 0 Å². The minimum absolute atomic E-state index is 0.0530. The molecule has 0 N–H and O–H groups in total. The minimum Gasteiger partial charge on any atom is -0.454 e. The van der Waals surface area contributed by atoms with Gasteiger partial charge in [-0.3, -0.25) is 0 Å². The zero-order valence-electron chi connectivity index (χ0n) is 7.90. The van der Waals surface area contributed by atoms with E-state index in [1.807, 2.05) is 18.2 Å². The topological polar surface area (TPSA) is 26.3 Å². The lowest BCUT2D eigenvalue weighted by atomic mass is 9.99. The second-order valence-electron chi connectivity index (χ2n) is 3.44. The van der Waals surface area contributed by atoms with Crippen molar-refractivity contribution < 1.29 is 9.53 Å². The van der Waals surface area contributed by atoms with Gasteiger partial charge in [0.15, 0.2) is 0 Å². The van der Waals surface area contributed by atoms with Gasteiger partial charge in [0.1, 0.15) is 6.10 Å². The average Bonchev–Trinajstić information content (AvgIpc) is 2.25. The van der Waals surface area contributed by atoms with Gasteiger partial charge < -0.3 is 4.74 Å². The van der Waals surface area contributed by atoms with Gasteiger partial charge in [-0.1, -0.05) is 36.9 Å². The Hall–Kier alpha value is -1.57. The molecule has 0 aliphatic carbocycles. The number of aryl methyl sites for hydroxylation is 1. The zero-order valence-corrected chi connectivity index (χ0v) is 7.90. The molecule has 0 bridgehead atoms. The van der Waals surface area contributed by atoms with Gasteiger partial charge in [0, 0.05) is 0 Å². The molecule has 14 heavy (non-hydrogen) atoms. The van der Waals surface area contributed by atoms with Gasteiger partial charge >= 0.3 is 5.97 Å². The Kier molecular flexibility index (Phi) is 2.35. The summed E-state index contributed by atoms with van der Waals surface area (Å²) in [6.45, 7) is 3.66. The number of esters is 1. The Morgan fingerprint density at radius 1 is 1.29 bits per heavy atom. The molecule has 1 heterocycles. The van der Waals surface area contributed by atoms with Crippen molar-refractivity contribution in [3.05, 3.63) is 48.0 Å². The highest BCUT2D eigenvalue weighted by Crippen LogP contribution is 2.23. The second kappa shape index (κ2) is 3.66. The number of benzene rings is 1. The van der Waals surface area contributed by atoms with Crippen molar-refractivity contribution in [1.29, 1.82) is 0 Å². The first kappa shape index (κ1) is 9.00. The highest BCUT2D eigenvalue weighted by Gasteiger charge is 2.33. The third-order valence-corrected chi connectivity index (χ3v) is 2.44. The molecule has 0 saturated carbocycles. The molecule has 2 rings (SSSR count). The monoisotopic (exact) mass is 188 g/mol. The molecule has 1 atom stereocenters. The number of ether oxygens (including phenoxy) is 1. The fourth-order valence-corrected chi connectivity index (χ4v) is 1.52. The van der Waals surface area contributed by atoms with E-state index in [2.05, 4.69) is 18.7 Å². The fraction of sp³-hybridized carbons (Fsp3) is 0.250. The van der Waals surface area contributed by atoms with E-state index in [1.54, 1.807) is 0 Å². The van der Waals surface area contributed by atoms with Crippen molar-refractivity contribution in [2.24, 2.45) is 0 Å². The number of hydrogen-bond acceptors (Lipinski definition) is 2. The van der Waals surface area contributed by atoms with Crippen molar-refractivity contribution in [3.63, 3.8) is 0 Å². The maximum absolute atomic E-state index is 10.7. The summed E-state index contributed by atoms with van der Waals surface area (Å²) >= 11 is 0. The van der Waals surface area contributed by atoms with E-state index in [0.717, 1.165) is 12.8 Å². The second-order valence-corrected chi connectivity index (χ2v) is 3.44. The van der Waals surface area contributed by atoms with Gasteiger partial charge in [-0.25, -0.2) is 4.79 Å². The van der Waals surface area contributed by atoms with E-state index >= 15 is 0 Å². The van der Waals surface area contributed by atoms with Crippen LogP contribution in [-0.2, 0) is 16.0 Å². The van der Waals surface area contributed by atoms with E-state index in [1.165, 1.54) is 5.56 Å². The zero-order chi connectivity index (χ0) is 9.97. The van der Waals surface area contributed by atoms with E-state index in [0.29, 0.717) is 5.57 Å². The van der Waals surface area contributed by atoms with Gasteiger partial charge in [0.2, 0.25) is 0 Å². The molecule has 0 radical (unpaired) electrons. The number of hydrogen-bond donors (Lipinski definition) is 0. The Morgan fingerprint density at radius 3 is 2.57 bits per heavy atom. The van der Waals surface area contributed by atoms with Crippen molar-refractivity contribution in [2.45, 2.75) is 18.9 Å². The maximum Gasteiger partial charge on any atom is 0.337 e. The summed E-state index contributed by atoms with van der Waals surface area (Å²) in [7, 11) is 0. The summed E-state index contributed by atoms with van der Waals surface area (Å²) in [4.78, 5) is 10.7.